The van der Waals surface area contributed by atoms with Gasteiger partial charge in [0.2, 0.25) is 0 Å². The molecule has 0 saturated carbocycles. The summed E-state index contributed by atoms with van der Waals surface area (Å²) in [5.74, 6) is -0.699. The molecule has 17 heteroatoms. The van der Waals surface area contributed by atoms with Crippen LogP contribution < -0.4 is 15.5 Å². The number of hydrogen-bond donors (Lipinski definition) is 3. The molecule has 0 radical (unpaired) electrons. The molecule has 17 nitrogen and oxygen atoms in total. The molecule has 0 aliphatic carbocycles. The molecule has 4 amide bonds. The summed E-state index contributed by atoms with van der Waals surface area (Å²) in [6.07, 6.45) is -2.88. The van der Waals surface area contributed by atoms with Crippen LogP contribution in [0.2, 0.25) is 0 Å². The average Bonchev–Trinajstić information content (AvgIpc) is 3.61. The van der Waals surface area contributed by atoms with Crippen molar-refractivity contribution in [3.05, 3.63) is 65.4 Å². The van der Waals surface area contributed by atoms with Crippen LogP contribution in [-0.2, 0) is 49.8 Å². The van der Waals surface area contributed by atoms with Gasteiger partial charge in [0.1, 0.15) is 46.6 Å². The van der Waals surface area contributed by atoms with E-state index >= 15 is 4.79 Å². The Labute approximate surface area is 375 Å². The maximum atomic E-state index is 15.5. The van der Waals surface area contributed by atoms with E-state index in [9.17, 15) is 24.0 Å². The van der Waals surface area contributed by atoms with Gasteiger partial charge in [-0.05, 0) is 139 Å². The van der Waals surface area contributed by atoms with Crippen molar-refractivity contribution in [1.29, 1.82) is 0 Å². The van der Waals surface area contributed by atoms with Crippen molar-refractivity contribution in [1.82, 2.24) is 15.6 Å². The van der Waals surface area contributed by atoms with E-state index < -0.39 is 88.6 Å². The summed E-state index contributed by atoms with van der Waals surface area (Å²) in [6, 6.07) is 10.1. The minimum Gasteiger partial charge on any atom is -0.444 e. The first-order valence-electron chi connectivity index (χ1n) is 21.2. The van der Waals surface area contributed by atoms with Crippen molar-refractivity contribution in [2.45, 2.75) is 162 Å². The van der Waals surface area contributed by atoms with E-state index in [1.165, 1.54) is 0 Å². The monoisotopic (exact) mass is 894 g/mol. The summed E-state index contributed by atoms with van der Waals surface area (Å²) in [7, 11) is 0. The predicted octanol–water partition coefficient (Wildman–Crippen LogP) is 9.36. The summed E-state index contributed by atoms with van der Waals surface area (Å²) in [6.45, 7) is 24.7. The number of amides is 4. The first-order valence-corrected chi connectivity index (χ1v) is 21.2. The third kappa shape index (κ3) is 14.0. The predicted molar refractivity (Wildman–Crippen MR) is 238 cm³/mol. The van der Waals surface area contributed by atoms with Gasteiger partial charge >= 0.3 is 30.6 Å². The number of hydrogen-bond acceptors (Lipinski definition) is 13. The molecule has 1 aliphatic rings. The fourth-order valence-electron chi connectivity index (χ4n) is 7.02. The van der Waals surface area contributed by atoms with E-state index in [2.05, 4.69) is 15.6 Å². The van der Waals surface area contributed by atoms with Crippen molar-refractivity contribution in [2.75, 3.05) is 18.1 Å². The molecule has 352 valence electrons. The van der Waals surface area contributed by atoms with Crippen LogP contribution >= 0.6 is 0 Å². The Morgan fingerprint density at radius 3 is 1.59 bits per heavy atom. The van der Waals surface area contributed by atoms with E-state index in [1.807, 2.05) is 6.07 Å². The maximum Gasteiger partial charge on any atom is 0.508 e. The van der Waals surface area contributed by atoms with Gasteiger partial charge in [0, 0.05) is 11.6 Å². The number of imide groups is 1. The first kappa shape index (κ1) is 50.6. The lowest BCUT2D eigenvalue weighted by atomic mass is 9.70. The molecule has 2 heterocycles. The summed E-state index contributed by atoms with van der Waals surface area (Å²) in [5.41, 5.74) is -4.04. The van der Waals surface area contributed by atoms with Crippen molar-refractivity contribution in [3.63, 3.8) is 0 Å². The van der Waals surface area contributed by atoms with Crippen LogP contribution in [0.15, 0.2) is 48.7 Å². The molecule has 64 heavy (non-hydrogen) atoms. The summed E-state index contributed by atoms with van der Waals surface area (Å²) in [5, 5.41) is 6.22. The normalized spacial score (nSPS) is 16.5. The van der Waals surface area contributed by atoms with Gasteiger partial charge in [-0.15, -0.1) is 0 Å². The lowest BCUT2D eigenvalue weighted by molar-refractivity contribution is -0.122. The number of para-hydroxylation sites is 2. The highest BCUT2D eigenvalue weighted by Gasteiger charge is 2.57. The second-order valence-corrected chi connectivity index (χ2v) is 20.7. The van der Waals surface area contributed by atoms with Crippen LogP contribution in [0.25, 0.3) is 10.9 Å². The number of fused-ring (bicyclic) bond motifs is 2. The summed E-state index contributed by atoms with van der Waals surface area (Å²) in [4.78, 5) is 86.1. The molecule has 0 saturated heterocycles. The average molecular weight is 895 g/mol. The molecule has 2 aromatic carbocycles. The third-order valence-corrected chi connectivity index (χ3v) is 9.05. The Kier molecular flexibility index (Phi) is 15.0. The second kappa shape index (κ2) is 19.0. The lowest BCUT2D eigenvalue weighted by Crippen LogP contribution is -2.51. The van der Waals surface area contributed by atoms with Gasteiger partial charge in [-0.3, -0.25) is 4.79 Å². The van der Waals surface area contributed by atoms with Crippen molar-refractivity contribution in [2.24, 2.45) is 0 Å². The van der Waals surface area contributed by atoms with E-state index in [1.54, 1.807) is 146 Å². The van der Waals surface area contributed by atoms with Crippen LogP contribution in [0, 0.1) is 0 Å². The number of H-pyrrole nitrogens is 1. The molecule has 4 rings (SSSR count). The topological polar surface area (TPSA) is 210 Å². The van der Waals surface area contributed by atoms with Crippen molar-refractivity contribution in [3.8, 4) is 0 Å². The molecule has 0 bridgehead atoms. The van der Waals surface area contributed by atoms with E-state index in [0.29, 0.717) is 27.6 Å². The summed E-state index contributed by atoms with van der Waals surface area (Å²) < 4.78 is 38.7. The summed E-state index contributed by atoms with van der Waals surface area (Å²) >= 11 is 0. The number of carbonyl (C=O) groups is 6. The molecule has 3 atom stereocenters. The standard InChI is InChI=1S/C47H66N4O13/c1-42(2,3)60-37(53)49-29(26-58-40(56)63-45(10,11)12)23-28-25-48-35-31(28)19-18-21-33(35)47(32-20-16-17-22-34(32)51(36(47)52)39(55)62-44(7,8)9)24-30(50-38(54)61-43(4,5)6)27-59-41(57)64-46(13,14)15/h16-22,25,29-30,48H,23-24,26-27H2,1-15H3,(H,49,53)(H,50,54)/t29?,30?,47-/m1/s1. The van der Waals surface area contributed by atoms with Crippen molar-refractivity contribution < 1.29 is 61.9 Å². The van der Waals surface area contributed by atoms with Crippen LogP contribution in [-0.4, -0.2) is 94.8 Å². The van der Waals surface area contributed by atoms with Crippen molar-refractivity contribution >= 4 is 53.1 Å². The van der Waals surface area contributed by atoms with Gasteiger partial charge in [-0.2, -0.15) is 0 Å². The smallest absolute Gasteiger partial charge is 0.444 e. The SMILES string of the molecule is CC(C)(C)OC(=O)NC(COC(=O)OC(C)(C)C)Cc1c[nH]c2c([C@]3(CC(COC(=O)OC(C)(C)C)NC(=O)OC(C)(C)C)C(=O)N(C(=O)OC(C)(C)C)c4ccccc43)cccc12. The van der Waals surface area contributed by atoms with E-state index in [4.69, 9.17) is 33.2 Å². The zero-order valence-corrected chi connectivity index (χ0v) is 39.9. The number of rotatable bonds is 11. The number of anilines is 1. The molecule has 1 aliphatic heterocycles. The maximum absolute atomic E-state index is 15.5. The number of nitrogens with one attached hydrogen (secondary N) is 3. The highest BCUT2D eigenvalue weighted by atomic mass is 16.7. The number of benzene rings is 2. The molecular weight excluding hydrogens is 829 g/mol. The largest absolute Gasteiger partial charge is 0.508 e. The number of nitrogens with zero attached hydrogens (tertiary/aromatic N) is 1. The van der Waals surface area contributed by atoms with Gasteiger partial charge in [0.15, 0.2) is 0 Å². The first-order chi connectivity index (χ1) is 29.3. The Morgan fingerprint density at radius 2 is 1.08 bits per heavy atom. The number of aromatic amines is 1. The number of alkyl carbamates (subject to hydrolysis) is 2. The zero-order valence-electron chi connectivity index (χ0n) is 39.9. The Balaban J connectivity index is 1.91. The quantitative estimate of drug-likeness (QED) is 0.121. The molecule has 2 unspecified atom stereocenters. The molecule has 0 fully saturated rings. The second-order valence-electron chi connectivity index (χ2n) is 20.7. The highest BCUT2D eigenvalue weighted by molar-refractivity contribution is 6.23. The molecular formula is C47H66N4O13. The van der Waals surface area contributed by atoms with Crippen LogP contribution in [0.1, 0.15) is 127 Å². The fourth-order valence-corrected chi connectivity index (χ4v) is 7.02. The number of ether oxygens (including phenoxy) is 7. The lowest BCUT2D eigenvalue weighted by Gasteiger charge is -2.34. The van der Waals surface area contributed by atoms with Gasteiger partial charge < -0.3 is 48.8 Å². The Bertz CT molecular complexity index is 2200. The van der Waals surface area contributed by atoms with Gasteiger partial charge in [0.25, 0.3) is 5.91 Å². The highest BCUT2D eigenvalue weighted by Crippen LogP contribution is 2.51. The van der Waals surface area contributed by atoms with E-state index in [-0.39, 0.29) is 25.1 Å². The molecule has 0 spiro atoms. The van der Waals surface area contributed by atoms with Crippen LogP contribution in [0.4, 0.5) is 29.7 Å². The number of aromatic nitrogens is 1. The molecule has 1 aromatic heterocycles. The van der Waals surface area contributed by atoms with Crippen LogP contribution in [0.3, 0.4) is 0 Å². The van der Waals surface area contributed by atoms with Gasteiger partial charge in [-0.1, -0.05) is 36.4 Å². The minimum absolute atomic E-state index is 0.111. The minimum atomic E-state index is -1.76. The zero-order chi connectivity index (χ0) is 48.2. The Morgan fingerprint density at radius 1 is 0.609 bits per heavy atom. The third-order valence-electron chi connectivity index (χ3n) is 9.05. The van der Waals surface area contributed by atoms with Gasteiger partial charge in [0.05, 0.1) is 23.3 Å². The van der Waals surface area contributed by atoms with Gasteiger partial charge in [-0.25, -0.2) is 28.9 Å². The fraction of sp³-hybridized carbons (Fsp3) is 0.574. The van der Waals surface area contributed by atoms with Crippen LogP contribution in [0.5, 0.6) is 0 Å². The Hall–Kier alpha value is -6.00. The molecule has 3 N–H and O–H groups in total. The molecule has 3 aromatic rings. The number of carbonyl (C=O) groups excluding carboxylic acids is 6. The van der Waals surface area contributed by atoms with E-state index in [0.717, 1.165) is 4.90 Å².